The molecule has 1 aromatic carbocycles. The first kappa shape index (κ1) is 14.3. The molecule has 2 amide bonds. The minimum absolute atomic E-state index is 0.530. The largest absolute Gasteiger partial charge is 0.351 e. The molecule has 0 saturated carbocycles. The highest BCUT2D eigenvalue weighted by atomic mass is 16.2. The van der Waals surface area contributed by atoms with Gasteiger partial charge in [0.2, 0.25) is 0 Å². The van der Waals surface area contributed by atoms with Crippen LogP contribution in [0.4, 0.5) is 10.5 Å². The molecule has 0 radical (unpaired) electrons. The molecule has 0 unspecified atom stereocenters. The molecule has 3 heteroatoms. The summed E-state index contributed by atoms with van der Waals surface area (Å²) in [6.45, 7) is 4.35. The van der Waals surface area contributed by atoms with Crippen molar-refractivity contribution in [3.05, 3.63) is 35.9 Å². The quantitative estimate of drug-likeness (QED) is 0.778. The van der Waals surface area contributed by atoms with Crippen molar-refractivity contribution in [2.45, 2.75) is 39.5 Å². The molecule has 3 N–H and O–H groups in total. The molecule has 0 aromatic heterocycles. The number of amides is 2. The van der Waals surface area contributed by atoms with Crippen molar-refractivity contribution in [3.8, 4) is 0 Å². The van der Waals surface area contributed by atoms with Crippen LogP contribution in [-0.2, 0) is 0 Å². The van der Waals surface area contributed by atoms with Crippen molar-refractivity contribution in [1.82, 2.24) is 0 Å². The molecule has 0 aliphatic rings. The van der Waals surface area contributed by atoms with Crippen LogP contribution in [0.5, 0.6) is 0 Å². The van der Waals surface area contributed by atoms with Crippen LogP contribution >= 0.6 is 0 Å². The number of carbonyl (C=O) groups is 1. The van der Waals surface area contributed by atoms with E-state index in [4.69, 9.17) is 5.73 Å². The lowest BCUT2D eigenvalue weighted by Crippen LogP contribution is -2.19. The average Bonchev–Trinajstić information content (AvgIpc) is 2.35. The first-order valence-corrected chi connectivity index (χ1v) is 6.53. The van der Waals surface area contributed by atoms with Gasteiger partial charge in [0.05, 0.1) is 0 Å². The number of allylic oxidation sites excluding steroid dienone is 2. The van der Waals surface area contributed by atoms with E-state index in [0.717, 1.165) is 18.5 Å². The predicted octanol–water partition coefficient (Wildman–Crippen LogP) is 4.16. The fourth-order valence-corrected chi connectivity index (χ4v) is 1.89. The van der Waals surface area contributed by atoms with E-state index in [2.05, 4.69) is 25.2 Å². The third kappa shape index (κ3) is 4.62. The minimum atomic E-state index is -0.530. The van der Waals surface area contributed by atoms with E-state index in [1.165, 1.54) is 24.0 Å². The summed E-state index contributed by atoms with van der Waals surface area (Å²) in [5.74, 6) is 0. The maximum absolute atomic E-state index is 10.7. The summed E-state index contributed by atoms with van der Waals surface area (Å²) in [5, 5.41) is 2.57. The Hall–Kier alpha value is -1.77. The smallest absolute Gasteiger partial charge is 0.316 e. The molecule has 3 nitrogen and oxygen atoms in total. The van der Waals surface area contributed by atoms with Crippen LogP contribution in [0.1, 0.15) is 45.1 Å². The van der Waals surface area contributed by atoms with Crippen molar-refractivity contribution >= 4 is 17.3 Å². The number of rotatable bonds is 6. The number of unbranched alkanes of at least 4 members (excludes halogenated alkanes) is 1. The third-order valence-corrected chi connectivity index (χ3v) is 2.77. The summed E-state index contributed by atoms with van der Waals surface area (Å²) in [5.41, 5.74) is 8.41. The van der Waals surface area contributed by atoms with Crippen molar-refractivity contribution in [1.29, 1.82) is 0 Å². The maximum Gasteiger partial charge on any atom is 0.316 e. The van der Waals surface area contributed by atoms with Gasteiger partial charge >= 0.3 is 6.03 Å². The molecule has 18 heavy (non-hydrogen) atoms. The number of hydrogen-bond donors (Lipinski definition) is 2. The Kier molecular flexibility index (Phi) is 5.98. The summed E-state index contributed by atoms with van der Waals surface area (Å²) < 4.78 is 0. The van der Waals surface area contributed by atoms with Gasteiger partial charge in [0.25, 0.3) is 0 Å². The molecule has 0 heterocycles. The second kappa shape index (κ2) is 7.54. The number of anilines is 1. The van der Waals surface area contributed by atoms with Crippen LogP contribution in [0.2, 0.25) is 0 Å². The molecule has 0 saturated heterocycles. The van der Waals surface area contributed by atoms with Crippen LogP contribution in [0, 0.1) is 0 Å². The Morgan fingerprint density at radius 3 is 2.44 bits per heavy atom. The lowest BCUT2D eigenvalue weighted by atomic mass is 9.99. The molecular weight excluding hydrogens is 224 g/mol. The Morgan fingerprint density at radius 1 is 1.28 bits per heavy atom. The van der Waals surface area contributed by atoms with Gasteiger partial charge in [-0.1, -0.05) is 38.5 Å². The Bertz CT molecular complexity index is 407. The van der Waals surface area contributed by atoms with Crippen LogP contribution in [0.3, 0.4) is 0 Å². The van der Waals surface area contributed by atoms with E-state index in [1.54, 1.807) is 0 Å². The van der Waals surface area contributed by atoms with Crippen LogP contribution in [0.15, 0.2) is 30.3 Å². The maximum atomic E-state index is 10.7. The summed E-state index contributed by atoms with van der Waals surface area (Å²) in [6, 6.07) is 7.30. The summed E-state index contributed by atoms with van der Waals surface area (Å²) in [7, 11) is 0. The third-order valence-electron chi connectivity index (χ3n) is 2.77. The molecule has 0 aliphatic carbocycles. The molecule has 1 aromatic rings. The number of urea groups is 1. The van der Waals surface area contributed by atoms with Gasteiger partial charge in [-0.15, -0.1) is 0 Å². The minimum Gasteiger partial charge on any atom is -0.351 e. The van der Waals surface area contributed by atoms with Gasteiger partial charge in [0.15, 0.2) is 0 Å². The molecule has 0 bridgehead atoms. The van der Waals surface area contributed by atoms with Crippen LogP contribution in [0.25, 0.3) is 5.57 Å². The second-order valence-corrected chi connectivity index (χ2v) is 4.31. The van der Waals surface area contributed by atoms with Gasteiger partial charge in [-0.3, -0.25) is 0 Å². The van der Waals surface area contributed by atoms with Crippen LogP contribution < -0.4 is 11.1 Å². The molecular formula is C15H22N2O. The number of nitrogens with two attached hydrogens (primary N) is 1. The van der Waals surface area contributed by atoms with Gasteiger partial charge in [0, 0.05) is 5.69 Å². The SMILES string of the molecule is CC/C=C(\CCCC)c1ccc(NC(N)=O)cc1. The first-order chi connectivity index (χ1) is 8.67. The lowest BCUT2D eigenvalue weighted by Gasteiger charge is -2.09. The Balaban J connectivity index is 2.80. The van der Waals surface area contributed by atoms with Gasteiger partial charge in [-0.2, -0.15) is 0 Å². The van der Waals surface area contributed by atoms with Crippen molar-refractivity contribution in [2.24, 2.45) is 5.73 Å². The molecule has 98 valence electrons. The van der Waals surface area contributed by atoms with Crippen molar-refractivity contribution in [2.75, 3.05) is 5.32 Å². The summed E-state index contributed by atoms with van der Waals surface area (Å²) in [4.78, 5) is 10.7. The molecule has 1 rings (SSSR count). The molecule has 0 aliphatic heterocycles. The summed E-state index contributed by atoms with van der Waals surface area (Å²) in [6.07, 6.45) is 6.81. The Labute approximate surface area is 109 Å². The van der Waals surface area contributed by atoms with E-state index in [1.807, 2.05) is 24.3 Å². The van der Waals surface area contributed by atoms with E-state index in [9.17, 15) is 4.79 Å². The molecule has 0 fully saturated rings. The van der Waals surface area contributed by atoms with Gasteiger partial charge in [0.1, 0.15) is 0 Å². The molecule has 0 spiro atoms. The van der Waals surface area contributed by atoms with Crippen LogP contribution in [-0.4, -0.2) is 6.03 Å². The molecule has 0 atom stereocenters. The van der Waals surface area contributed by atoms with Crippen molar-refractivity contribution in [3.63, 3.8) is 0 Å². The normalized spacial score (nSPS) is 11.3. The van der Waals surface area contributed by atoms with E-state index >= 15 is 0 Å². The zero-order valence-electron chi connectivity index (χ0n) is 11.2. The fraction of sp³-hybridized carbons (Fsp3) is 0.400. The van der Waals surface area contributed by atoms with E-state index < -0.39 is 6.03 Å². The zero-order chi connectivity index (χ0) is 13.4. The number of primary amides is 1. The van der Waals surface area contributed by atoms with Gasteiger partial charge in [-0.05, 0) is 42.5 Å². The Morgan fingerprint density at radius 2 is 1.94 bits per heavy atom. The zero-order valence-corrected chi connectivity index (χ0v) is 11.2. The number of hydrogen-bond acceptors (Lipinski definition) is 1. The topological polar surface area (TPSA) is 55.1 Å². The fourth-order valence-electron chi connectivity index (χ4n) is 1.89. The number of benzene rings is 1. The van der Waals surface area contributed by atoms with Gasteiger partial charge < -0.3 is 11.1 Å². The first-order valence-electron chi connectivity index (χ1n) is 6.53. The number of nitrogens with one attached hydrogen (secondary N) is 1. The van der Waals surface area contributed by atoms with E-state index in [0.29, 0.717) is 0 Å². The van der Waals surface area contributed by atoms with Gasteiger partial charge in [-0.25, -0.2) is 4.79 Å². The number of carbonyl (C=O) groups excluding carboxylic acids is 1. The van der Waals surface area contributed by atoms with E-state index in [-0.39, 0.29) is 0 Å². The average molecular weight is 246 g/mol. The summed E-state index contributed by atoms with van der Waals surface area (Å²) >= 11 is 0. The highest BCUT2D eigenvalue weighted by Crippen LogP contribution is 2.23. The monoisotopic (exact) mass is 246 g/mol. The van der Waals surface area contributed by atoms with Crippen molar-refractivity contribution < 1.29 is 4.79 Å². The highest BCUT2D eigenvalue weighted by molar-refractivity contribution is 5.88. The lowest BCUT2D eigenvalue weighted by molar-refractivity contribution is 0.259. The second-order valence-electron chi connectivity index (χ2n) is 4.31. The highest BCUT2D eigenvalue weighted by Gasteiger charge is 2.02. The predicted molar refractivity (Wildman–Crippen MR) is 77.4 cm³/mol. The standard InChI is InChI=1S/C15H22N2O/c1-3-5-7-12(6-4-2)13-8-10-14(11-9-13)17-15(16)18/h6,8-11H,3-5,7H2,1-2H3,(H3,16,17,18)/b12-6+.